The Kier molecular flexibility index (Phi) is 5.59. The number of ether oxygens (including phenoxy) is 1. The smallest absolute Gasteiger partial charge is 0.264 e. The fourth-order valence-corrected chi connectivity index (χ4v) is 6.20. The van der Waals surface area contributed by atoms with E-state index in [9.17, 15) is 13.2 Å². The molecule has 0 atom stereocenters. The summed E-state index contributed by atoms with van der Waals surface area (Å²) in [6, 6.07) is 12.1. The Morgan fingerprint density at radius 3 is 2.50 bits per heavy atom. The molecule has 0 N–H and O–H groups in total. The Morgan fingerprint density at radius 2 is 1.78 bits per heavy atom. The third-order valence-electron chi connectivity index (χ3n) is 6.71. The number of sulfonamides is 1. The third kappa shape index (κ3) is 3.97. The minimum atomic E-state index is -3.78. The molecule has 2 heterocycles. The Bertz CT molecular complexity index is 1120. The molecule has 7 nitrogen and oxygen atoms in total. The van der Waals surface area contributed by atoms with Gasteiger partial charge in [0.2, 0.25) is 0 Å². The van der Waals surface area contributed by atoms with Crippen LogP contribution in [0.25, 0.3) is 0 Å². The second kappa shape index (κ2) is 8.41. The lowest BCUT2D eigenvalue weighted by atomic mass is 10.1. The van der Waals surface area contributed by atoms with E-state index in [2.05, 4.69) is 4.90 Å². The van der Waals surface area contributed by atoms with Gasteiger partial charge in [-0.15, -0.1) is 0 Å². The van der Waals surface area contributed by atoms with Crippen LogP contribution in [0.15, 0.2) is 47.4 Å². The highest BCUT2D eigenvalue weighted by Gasteiger charge is 2.33. The number of carbonyl (C=O) groups is 1. The maximum absolute atomic E-state index is 13.5. The molecule has 3 aliphatic rings. The molecule has 2 aliphatic heterocycles. The maximum atomic E-state index is 13.5. The molecular weight excluding hydrogens is 426 g/mol. The molecule has 0 bridgehead atoms. The predicted octanol–water partition coefficient (Wildman–Crippen LogP) is 2.61. The Balaban J connectivity index is 1.38. The lowest BCUT2D eigenvalue weighted by Gasteiger charge is -2.35. The number of para-hydroxylation sites is 1. The van der Waals surface area contributed by atoms with Crippen LogP contribution in [-0.4, -0.2) is 70.5 Å². The predicted molar refractivity (Wildman–Crippen MR) is 123 cm³/mol. The highest BCUT2D eigenvalue weighted by molar-refractivity contribution is 7.92. The van der Waals surface area contributed by atoms with Gasteiger partial charge >= 0.3 is 0 Å². The van der Waals surface area contributed by atoms with Gasteiger partial charge in [-0.3, -0.25) is 14.0 Å². The van der Waals surface area contributed by atoms with Crippen LogP contribution in [0.1, 0.15) is 28.8 Å². The summed E-state index contributed by atoms with van der Waals surface area (Å²) < 4.78 is 33.8. The van der Waals surface area contributed by atoms with Crippen molar-refractivity contribution in [3.63, 3.8) is 0 Å². The molecule has 0 spiro atoms. The number of piperazine rings is 1. The summed E-state index contributed by atoms with van der Waals surface area (Å²) >= 11 is 0. The summed E-state index contributed by atoms with van der Waals surface area (Å²) in [5.74, 6) is 1.05. The number of fused-ring (bicyclic) bond motifs is 1. The quantitative estimate of drug-likeness (QED) is 0.670. The molecule has 0 unspecified atom stereocenters. The van der Waals surface area contributed by atoms with E-state index in [-0.39, 0.29) is 10.8 Å². The van der Waals surface area contributed by atoms with Gasteiger partial charge in [-0.1, -0.05) is 18.2 Å². The van der Waals surface area contributed by atoms with Crippen molar-refractivity contribution in [2.24, 2.45) is 5.92 Å². The third-order valence-corrected chi connectivity index (χ3v) is 8.52. The Hall–Kier alpha value is -2.58. The number of hydrogen-bond acceptors (Lipinski definition) is 5. The summed E-state index contributed by atoms with van der Waals surface area (Å²) in [4.78, 5) is 17.7. The van der Waals surface area contributed by atoms with Gasteiger partial charge in [0, 0.05) is 39.3 Å². The van der Waals surface area contributed by atoms with Crippen molar-refractivity contribution >= 4 is 21.6 Å². The topological polar surface area (TPSA) is 70.2 Å². The van der Waals surface area contributed by atoms with Crippen LogP contribution in [0.5, 0.6) is 5.75 Å². The molecule has 170 valence electrons. The molecule has 1 saturated carbocycles. The molecule has 1 aliphatic carbocycles. The first-order chi connectivity index (χ1) is 15.5. The molecule has 1 amide bonds. The van der Waals surface area contributed by atoms with Crippen LogP contribution < -0.4 is 9.04 Å². The molecule has 0 radical (unpaired) electrons. The van der Waals surface area contributed by atoms with E-state index in [1.807, 2.05) is 29.2 Å². The van der Waals surface area contributed by atoms with E-state index in [1.165, 1.54) is 36.4 Å². The van der Waals surface area contributed by atoms with E-state index in [0.29, 0.717) is 43.1 Å². The molecule has 32 heavy (non-hydrogen) atoms. The second-order valence-corrected chi connectivity index (χ2v) is 10.7. The van der Waals surface area contributed by atoms with Crippen molar-refractivity contribution < 1.29 is 17.9 Å². The largest absolute Gasteiger partial charge is 0.496 e. The summed E-state index contributed by atoms with van der Waals surface area (Å²) in [6.07, 6.45) is 3.32. The number of carbonyl (C=O) groups excluding carboxylic acids is 1. The van der Waals surface area contributed by atoms with E-state index in [0.717, 1.165) is 31.1 Å². The standard InChI is InChI=1S/C24H29N3O4S/c1-31-23-9-8-20(32(29,30)27-11-10-19-4-2-3-5-22(19)27)16-21(23)24(28)26-14-12-25(13-15-26)17-18-6-7-18/h2-5,8-9,16,18H,6-7,10-15,17H2,1H3. The second-order valence-electron chi connectivity index (χ2n) is 8.85. The van der Waals surface area contributed by atoms with Crippen LogP contribution in [-0.2, 0) is 16.4 Å². The van der Waals surface area contributed by atoms with Crippen LogP contribution >= 0.6 is 0 Å². The van der Waals surface area contributed by atoms with Gasteiger partial charge < -0.3 is 9.64 Å². The van der Waals surface area contributed by atoms with Gasteiger partial charge in [0.25, 0.3) is 15.9 Å². The first-order valence-electron chi connectivity index (χ1n) is 11.3. The minimum absolute atomic E-state index is 0.116. The van der Waals surface area contributed by atoms with Gasteiger partial charge in [0.15, 0.2) is 0 Å². The molecule has 2 aromatic carbocycles. The zero-order valence-corrected chi connectivity index (χ0v) is 19.2. The van der Waals surface area contributed by atoms with Crippen molar-refractivity contribution in [2.75, 3.05) is 50.7 Å². The first kappa shape index (κ1) is 21.3. The van der Waals surface area contributed by atoms with Crippen molar-refractivity contribution in [1.82, 2.24) is 9.80 Å². The highest BCUT2D eigenvalue weighted by Crippen LogP contribution is 2.34. The molecule has 0 aromatic heterocycles. The average molecular weight is 456 g/mol. The number of nitrogens with zero attached hydrogens (tertiary/aromatic N) is 3. The number of anilines is 1. The lowest BCUT2D eigenvalue weighted by Crippen LogP contribution is -2.49. The van der Waals surface area contributed by atoms with Crippen molar-refractivity contribution in [3.05, 3.63) is 53.6 Å². The monoisotopic (exact) mass is 455 g/mol. The van der Waals surface area contributed by atoms with E-state index >= 15 is 0 Å². The number of benzene rings is 2. The van der Waals surface area contributed by atoms with Crippen LogP contribution in [0.2, 0.25) is 0 Å². The van der Waals surface area contributed by atoms with Crippen LogP contribution in [0, 0.1) is 5.92 Å². The number of amides is 1. The van der Waals surface area contributed by atoms with Crippen LogP contribution in [0.3, 0.4) is 0 Å². The fourth-order valence-electron chi connectivity index (χ4n) is 4.67. The van der Waals surface area contributed by atoms with Gasteiger partial charge in [-0.2, -0.15) is 0 Å². The Labute approximate surface area is 189 Å². The van der Waals surface area contributed by atoms with E-state index in [1.54, 1.807) is 6.07 Å². The van der Waals surface area contributed by atoms with Gasteiger partial charge in [0.1, 0.15) is 5.75 Å². The number of methoxy groups -OCH3 is 1. The summed E-state index contributed by atoms with van der Waals surface area (Å²) in [5, 5.41) is 0. The maximum Gasteiger partial charge on any atom is 0.264 e. The van der Waals surface area contributed by atoms with Crippen LogP contribution in [0.4, 0.5) is 5.69 Å². The summed E-state index contributed by atoms with van der Waals surface area (Å²) in [7, 11) is -2.28. The summed E-state index contributed by atoms with van der Waals surface area (Å²) in [6.45, 7) is 4.52. The van der Waals surface area contributed by atoms with E-state index in [4.69, 9.17) is 4.74 Å². The SMILES string of the molecule is COc1ccc(S(=O)(=O)N2CCc3ccccc32)cc1C(=O)N1CCN(CC2CC2)CC1. The molecule has 2 fully saturated rings. The molecule has 5 rings (SSSR count). The minimum Gasteiger partial charge on any atom is -0.496 e. The van der Waals surface area contributed by atoms with Gasteiger partial charge in [-0.25, -0.2) is 8.42 Å². The van der Waals surface area contributed by atoms with E-state index < -0.39 is 10.0 Å². The Morgan fingerprint density at radius 1 is 1.03 bits per heavy atom. The zero-order valence-electron chi connectivity index (χ0n) is 18.4. The molecule has 2 aromatic rings. The van der Waals surface area contributed by atoms with Crippen molar-refractivity contribution in [3.8, 4) is 5.75 Å². The number of hydrogen-bond donors (Lipinski definition) is 0. The van der Waals surface area contributed by atoms with Crippen molar-refractivity contribution in [2.45, 2.75) is 24.2 Å². The normalized spacial score (nSPS) is 19.2. The first-order valence-corrected chi connectivity index (χ1v) is 12.7. The van der Waals surface area contributed by atoms with Crippen molar-refractivity contribution in [1.29, 1.82) is 0 Å². The molecule has 1 saturated heterocycles. The molecular formula is C24H29N3O4S. The van der Waals surface area contributed by atoms with Gasteiger partial charge in [0.05, 0.1) is 23.3 Å². The lowest BCUT2D eigenvalue weighted by molar-refractivity contribution is 0.0628. The average Bonchev–Trinajstić information content (AvgIpc) is 3.52. The summed E-state index contributed by atoms with van der Waals surface area (Å²) in [5.41, 5.74) is 2.03. The zero-order chi connectivity index (χ0) is 22.3. The fraction of sp³-hybridized carbons (Fsp3) is 0.458. The highest BCUT2D eigenvalue weighted by atomic mass is 32.2. The number of rotatable bonds is 6. The molecule has 8 heteroatoms. The van der Waals surface area contributed by atoms with Gasteiger partial charge in [-0.05, 0) is 55.0 Å².